The summed E-state index contributed by atoms with van der Waals surface area (Å²) < 4.78 is 1.53. The highest BCUT2D eigenvalue weighted by atomic mass is 16.1. The first-order valence-corrected chi connectivity index (χ1v) is 8.07. The summed E-state index contributed by atoms with van der Waals surface area (Å²) in [7, 11) is 0. The highest BCUT2D eigenvalue weighted by Crippen LogP contribution is 2.29. The van der Waals surface area contributed by atoms with E-state index in [9.17, 15) is 9.59 Å². The molecule has 1 unspecified atom stereocenters. The second-order valence-electron chi connectivity index (χ2n) is 6.06. The van der Waals surface area contributed by atoms with Crippen LogP contribution in [-0.2, 0) is 6.54 Å². The normalized spacial score (nSPS) is 18.9. The third-order valence-corrected chi connectivity index (χ3v) is 4.44. The van der Waals surface area contributed by atoms with Gasteiger partial charge in [0.15, 0.2) is 0 Å². The van der Waals surface area contributed by atoms with Gasteiger partial charge in [-0.15, -0.1) is 0 Å². The fourth-order valence-electron chi connectivity index (χ4n) is 3.32. The summed E-state index contributed by atoms with van der Waals surface area (Å²) in [5, 5.41) is 6.50. The van der Waals surface area contributed by atoms with E-state index in [1.165, 1.54) is 4.40 Å². The Morgan fingerprint density at radius 3 is 3.00 bits per heavy atom. The molecular weight excluding hydrogens is 308 g/mol. The Bertz CT molecular complexity index is 972. The van der Waals surface area contributed by atoms with Crippen molar-refractivity contribution in [3.63, 3.8) is 0 Å². The molecule has 8 nitrogen and oxygen atoms in total. The number of aromatic nitrogens is 5. The molecule has 0 saturated carbocycles. The summed E-state index contributed by atoms with van der Waals surface area (Å²) >= 11 is 0. The van der Waals surface area contributed by atoms with Gasteiger partial charge in [-0.2, -0.15) is 5.10 Å². The largest absolute Gasteiger partial charge is 0.340 e. The molecule has 0 radical (unpaired) electrons. The van der Waals surface area contributed by atoms with E-state index >= 15 is 0 Å². The van der Waals surface area contributed by atoms with Gasteiger partial charge >= 0.3 is 5.69 Å². The summed E-state index contributed by atoms with van der Waals surface area (Å²) in [6.07, 6.45) is 4.81. The van der Waals surface area contributed by atoms with Crippen molar-refractivity contribution in [1.29, 1.82) is 0 Å². The quantitative estimate of drug-likeness (QED) is 0.743. The van der Waals surface area contributed by atoms with Crippen LogP contribution in [0.5, 0.6) is 0 Å². The van der Waals surface area contributed by atoms with E-state index in [1.807, 2.05) is 18.2 Å². The molecule has 2 N–H and O–H groups in total. The lowest BCUT2D eigenvalue weighted by molar-refractivity contribution is 0.132. The molecule has 1 atom stereocenters. The fraction of sp³-hybridized carbons (Fsp3) is 0.375. The van der Waals surface area contributed by atoms with Crippen molar-refractivity contribution in [2.45, 2.75) is 31.8 Å². The second kappa shape index (κ2) is 6.04. The molecule has 0 aliphatic carbocycles. The lowest BCUT2D eigenvalue weighted by Gasteiger charge is -2.33. The van der Waals surface area contributed by atoms with Crippen molar-refractivity contribution in [3.05, 3.63) is 62.8 Å². The Labute approximate surface area is 137 Å². The summed E-state index contributed by atoms with van der Waals surface area (Å²) in [5.74, 6) is 0.650. The Kier molecular flexibility index (Phi) is 3.73. The molecule has 124 valence electrons. The van der Waals surface area contributed by atoms with Crippen LogP contribution in [0.3, 0.4) is 0 Å². The van der Waals surface area contributed by atoms with Gasteiger partial charge in [0.2, 0.25) is 0 Å². The Morgan fingerprint density at radius 1 is 1.25 bits per heavy atom. The maximum absolute atomic E-state index is 12.2. The first-order chi connectivity index (χ1) is 11.7. The molecule has 0 spiro atoms. The predicted molar refractivity (Wildman–Crippen MR) is 87.7 cm³/mol. The zero-order valence-corrected chi connectivity index (χ0v) is 13.1. The van der Waals surface area contributed by atoms with Crippen molar-refractivity contribution in [2.24, 2.45) is 0 Å². The number of aromatic amines is 2. The molecule has 4 heterocycles. The molecule has 3 aromatic heterocycles. The summed E-state index contributed by atoms with van der Waals surface area (Å²) in [4.78, 5) is 33.1. The zero-order chi connectivity index (χ0) is 16.5. The van der Waals surface area contributed by atoms with Crippen LogP contribution in [0.25, 0.3) is 5.65 Å². The zero-order valence-electron chi connectivity index (χ0n) is 13.1. The van der Waals surface area contributed by atoms with Crippen molar-refractivity contribution in [2.75, 3.05) is 6.54 Å². The van der Waals surface area contributed by atoms with E-state index in [-0.39, 0.29) is 17.3 Å². The van der Waals surface area contributed by atoms with Gasteiger partial charge in [0, 0.05) is 18.8 Å². The van der Waals surface area contributed by atoms with Crippen LogP contribution >= 0.6 is 0 Å². The van der Waals surface area contributed by atoms with Gasteiger partial charge in [0.25, 0.3) is 5.56 Å². The van der Waals surface area contributed by atoms with Crippen molar-refractivity contribution in [1.82, 2.24) is 29.5 Å². The topological polar surface area (TPSA) is 99.2 Å². The molecule has 0 amide bonds. The molecule has 1 aliphatic heterocycles. The van der Waals surface area contributed by atoms with E-state index in [0.717, 1.165) is 31.5 Å². The van der Waals surface area contributed by atoms with E-state index < -0.39 is 0 Å². The number of H-pyrrole nitrogens is 2. The molecule has 24 heavy (non-hydrogen) atoms. The minimum Gasteiger partial charge on any atom is -0.292 e. The first-order valence-electron chi connectivity index (χ1n) is 8.07. The number of fused-ring (bicyclic) bond motifs is 1. The molecule has 0 aromatic carbocycles. The Hall–Kier alpha value is -2.74. The lowest BCUT2D eigenvalue weighted by atomic mass is 10.0. The van der Waals surface area contributed by atoms with Gasteiger partial charge in [0.1, 0.15) is 11.5 Å². The minimum absolute atomic E-state index is 0.0359. The SMILES string of the molecule is O=c1[nH]nc(C2CCCCN2Cc2cc(=O)n3ccccc3n2)[nH]1. The van der Waals surface area contributed by atoms with Gasteiger partial charge in [-0.3, -0.25) is 19.1 Å². The molecule has 1 aliphatic rings. The first kappa shape index (κ1) is 14.8. The summed E-state index contributed by atoms with van der Waals surface area (Å²) in [6.45, 7) is 1.44. The molecule has 4 rings (SSSR count). The molecule has 0 bridgehead atoms. The third kappa shape index (κ3) is 2.76. The summed E-state index contributed by atoms with van der Waals surface area (Å²) in [6, 6.07) is 7.11. The number of hydrogen-bond donors (Lipinski definition) is 2. The predicted octanol–water partition coefficient (Wildman–Crippen LogP) is 0.833. The lowest BCUT2D eigenvalue weighted by Crippen LogP contribution is -2.34. The average Bonchev–Trinajstić information content (AvgIpc) is 3.02. The monoisotopic (exact) mass is 326 g/mol. The van der Waals surface area contributed by atoms with Crippen LogP contribution in [0.1, 0.15) is 36.8 Å². The van der Waals surface area contributed by atoms with Crippen LogP contribution in [0.4, 0.5) is 0 Å². The average molecular weight is 326 g/mol. The van der Waals surface area contributed by atoms with Gasteiger partial charge in [-0.05, 0) is 31.5 Å². The minimum atomic E-state index is -0.294. The van der Waals surface area contributed by atoms with Crippen LogP contribution in [0.15, 0.2) is 40.1 Å². The Balaban J connectivity index is 1.65. The number of pyridine rings is 1. The van der Waals surface area contributed by atoms with E-state index in [2.05, 4.69) is 25.1 Å². The standard InChI is InChI=1S/C16H18N6O2/c23-14-9-11(17-13-6-2-4-8-22(13)14)10-21-7-3-1-5-12(21)15-18-16(24)20-19-15/h2,4,6,8-9,12H,1,3,5,7,10H2,(H2,18,19,20,24). The highest BCUT2D eigenvalue weighted by molar-refractivity contribution is 5.38. The fourth-order valence-corrected chi connectivity index (χ4v) is 3.32. The van der Waals surface area contributed by atoms with Crippen LogP contribution < -0.4 is 11.2 Å². The third-order valence-electron chi connectivity index (χ3n) is 4.44. The smallest absolute Gasteiger partial charge is 0.292 e. The maximum atomic E-state index is 12.2. The summed E-state index contributed by atoms with van der Waals surface area (Å²) in [5.41, 5.74) is 0.993. The molecule has 1 fully saturated rings. The molecule has 1 saturated heterocycles. The van der Waals surface area contributed by atoms with Gasteiger partial charge in [0.05, 0.1) is 11.7 Å². The second-order valence-corrected chi connectivity index (χ2v) is 6.06. The van der Waals surface area contributed by atoms with Crippen LogP contribution in [-0.4, -0.2) is 36.0 Å². The Morgan fingerprint density at radius 2 is 2.17 bits per heavy atom. The van der Waals surface area contributed by atoms with Gasteiger partial charge in [-0.1, -0.05) is 12.5 Å². The van der Waals surface area contributed by atoms with E-state index in [0.29, 0.717) is 18.0 Å². The highest BCUT2D eigenvalue weighted by Gasteiger charge is 2.27. The number of nitrogens with zero attached hydrogens (tertiary/aromatic N) is 4. The van der Waals surface area contributed by atoms with Crippen molar-refractivity contribution in [3.8, 4) is 0 Å². The molecular formula is C16H18N6O2. The molecule has 3 aromatic rings. The van der Waals surface area contributed by atoms with Gasteiger partial charge in [-0.25, -0.2) is 14.9 Å². The number of likely N-dealkylation sites (tertiary alicyclic amines) is 1. The van der Waals surface area contributed by atoms with Crippen molar-refractivity contribution >= 4 is 5.65 Å². The van der Waals surface area contributed by atoms with Gasteiger partial charge < -0.3 is 0 Å². The van der Waals surface area contributed by atoms with Crippen molar-refractivity contribution < 1.29 is 0 Å². The van der Waals surface area contributed by atoms with E-state index in [1.54, 1.807) is 12.3 Å². The maximum Gasteiger partial charge on any atom is 0.340 e. The number of nitrogens with one attached hydrogen (secondary N) is 2. The molecule has 8 heteroatoms. The van der Waals surface area contributed by atoms with Crippen LogP contribution in [0, 0.1) is 0 Å². The van der Waals surface area contributed by atoms with E-state index in [4.69, 9.17) is 0 Å². The van der Waals surface area contributed by atoms with Crippen LogP contribution in [0.2, 0.25) is 0 Å². The number of rotatable bonds is 3. The number of hydrogen-bond acceptors (Lipinski definition) is 5. The number of piperidine rings is 1.